The first-order valence-corrected chi connectivity index (χ1v) is 16.9. The van der Waals surface area contributed by atoms with E-state index < -0.39 is 0 Å². The molecule has 3 aromatic rings. The van der Waals surface area contributed by atoms with Crippen molar-refractivity contribution in [2.45, 2.75) is 89.9 Å². The molecule has 1 fully saturated rings. The second-order valence-electron chi connectivity index (χ2n) is 11.2. The van der Waals surface area contributed by atoms with Gasteiger partial charge in [0.2, 0.25) is 17.0 Å². The number of halogens is 1. The zero-order valence-electron chi connectivity index (χ0n) is 27.7. The normalized spacial score (nSPS) is 15.6. The van der Waals surface area contributed by atoms with Crippen molar-refractivity contribution in [1.29, 1.82) is 0 Å². The molecule has 46 heavy (non-hydrogen) atoms. The molecule has 9 nitrogen and oxygen atoms in total. The van der Waals surface area contributed by atoms with E-state index in [9.17, 15) is 4.79 Å². The average molecular weight is 678 g/mol. The first kappa shape index (κ1) is 37.2. The lowest BCUT2D eigenvalue weighted by molar-refractivity contribution is -0.692. The van der Waals surface area contributed by atoms with Crippen molar-refractivity contribution in [1.82, 2.24) is 0 Å². The Morgan fingerprint density at radius 2 is 1.41 bits per heavy atom. The molecule has 1 aliphatic heterocycles. The Kier molecular flexibility index (Phi) is 15.8. The fraction of sp³-hybridized carbons (Fsp3) is 0.543. The molecule has 254 valence electrons. The maximum atomic E-state index is 13.0. The number of ether oxygens (including phenoxy) is 7. The molecule has 11 heteroatoms. The molecule has 2 aromatic carbocycles. The van der Waals surface area contributed by atoms with E-state index in [4.69, 9.17) is 33.2 Å². The van der Waals surface area contributed by atoms with Crippen LogP contribution in [0.25, 0.3) is 0 Å². The molecule has 0 amide bonds. The first-order chi connectivity index (χ1) is 22.0. The Bertz CT molecular complexity index is 1330. The number of aromatic nitrogens is 1. The van der Waals surface area contributed by atoms with E-state index in [1.807, 2.05) is 24.3 Å². The molecule has 2 atom stereocenters. The molecule has 1 aliphatic rings. The summed E-state index contributed by atoms with van der Waals surface area (Å²) >= 11 is 1.68. The van der Waals surface area contributed by atoms with Crippen LogP contribution >= 0.6 is 11.3 Å². The van der Waals surface area contributed by atoms with Crippen LogP contribution in [0.2, 0.25) is 0 Å². The Hall–Kier alpha value is -3.21. The van der Waals surface area contributed by atoms with Crippen molar-refractivity contribution in [3.63, 3.8) is 0 Å². The lowest BCUT2D eigenvalue weighted by Crippen LogP contribution is -3.00. The van der Waals surface area contributed by atoms with Crippen LogP contribution in [0, 0.1) is 0 Å². The zero-order chi connectivity index (χ0) is 32.0. The molecule has 0 saturated carbocycles. The van der Waals surface area contributed by atoms with Crippen LogP contribution in [-0.4, -0.2) is 41.0 Å². The number of methoxy groups -OCH3 is 4. The average Bonchev–Trinajstić information content (AvgIpc) is 3.77. The number of esters is 1. The summed E-state index contributed by atoms with van der Waals surface area (Å²) in [7, 11) is 6.37. The van der Waals surface area contributed by atoms with E-state index in [1.165, 1.54) is 0 Å². The first-order valence-electron chi connectivity index (χ1n) is 15.9. The molecule has 0 spiro atoms. The minimum atomic E-state index is -0.287. The number of carbonyl (C=O) groups is 1. The number of benzene rings is 2. The van der Waals surface area contributed by atoms with Gasteiger partial charge in [-0.25, -0.2) is 0 Å². The highest BCUT2D eigenvalue weighted by Crippen LogP contribution is 2.48. The van der Waals surface area contributed by atoms with Gasteiger partial charge in [0, 0.05) is 12.8 Å². The third kappa shape index (κ3) is 10.1. The topological polar surface area (TPSA) is 85.6 Å². The van der Waals surface area contributed by atoms with E-state index in [0.717, 1.165) is 75.5 Å². The number of nitrogens with zero attached hydrogens (tertiary/aromatic N) is 1. The molecule has 0 bridgehead atoms. The summed E-state index contributed by atoms with van der Waals surface area (Å²) in [5.41, 5.74) is 3.92. The van der Waals surface area contributed by atoms with Gasteiger partial charge >= 0.3 is 5.97 Å². The number of aryl methyl sites for hydroxylation is 1. The van der Waals surface area contributed by atoms with Gasteiger partial charge in [0.15, 0.2) is 29.2 Å². The molecular formula is C35H48ClNO8S. The molecule has 2 heterocycles. The van der Waals surface area contributed by atoms with Crippen LogP contribution in [0.1, 0.15) is 94.5 Å². The highest BCUT2D eigenvalue weighted by atomic mass is 35.5. The molecule has 4 rings (SSSR count). The van der Waals surface area contributed by atoms with Gasteiger partial charge in [-0.05, 0) is 67.5 Å². The van der Waals surface area contributed by atoms with Gasteiger partial charge in [-0.3, -0.25) is 4.79 Å². The van der Waals surface area contributed by atoms with E-state index in [1.54, 1.807) is 39.8 Å². The Morgan fingerprint density at radius 3 is 2.00 bits per heavy atom. The molecule has 0 N–H and O–H groups in total. The summed E-state index contributed by atoms with van der Waals surface area (Å²) < 4.78 is 43.3. The lowest BCUT2D eigenvalue weighted by Gasteiger charge is -2.20. The monoisotopic (exact) mass is 677 g/mol. The molecule has 0 radical (unpaired) electrons. The second kappa shape index (κ2) is 19.5. The Labute approximate surface area is 283 Å². The van der Waals surface area contributed by atoms with E-state index in [2.05, 4.69) is 28.6 Å². The third-order valence-corrected chi connectivity index (χ3v) is 8.67. The fourth-order valence-corrected chi connectivity index (χ4v) is 6.22. The van der Waals surface area contributed by atoms with Gasteiger partial charge in [0.05, 0.1) is 52.6 Å². The number of carbonyl (C=O) groups excluding carboxylic acids is 1. The molecule has 0 aliphatic carbocycles. The van der Waals surface area contributed by atoms with Gasteiger partial charge in [0.1, 0.15) is 6.54 Å². The van der Waals surface area contributed by atoms with Gasteiger partial charge in [-0.15, -0.1) is 0 Å². The van der Waals surface area contributed by atoms with Crippen LogP contribution in [0.3, 0.4) is 0 Å². The Morgan fingerprint density at radius 1 is 0.804 bits per heavy atom. The number of rotatable bonds is 19. The SMILES string of the molecule is CCCCCCOc1cc([C@H]2CC[C@H](c3cc(OC)c(OC)c(OC)c3)O2)cc(OC(=O)CCCCC[n+]2ccsc2)c1OC.[Cl-]. The number of thiazole rings is 1. The summed E-state index contributed by atoms with van der Waals surface area (Å²) in [5.74, 6) is 2.77. The second-order valence-corrected chi connectivity index (χ2v) is 11.9. The molecular weight excluding hydrogens is 630 g/mol. The summed E-state index contributed by atoms with van der Waals surface area (Å²) in [6.07, 6.45) is 10.6. The minimum Gasteiger partial charge on any atom is -1.00 e. The number of hydrogen-bond donors (Lipinski definition) is 0. The van der Waals surface area contributed by atoms with Crippen LogP contribution in [-0.2, 0) is 16.1 Å². The highest BCUT2D eigenvalue weighted by Gasteiger charge is 2.31. The minimum absolute atomic E-state index is 0. The van der Waals surface area contributed by atoms with Crippen molar-refractivity contribution in [2.24, 2.45) is 0 Å². The van der Waals surface area contributed by atoms with Crippen LogP contribution in [0.4, 0.5) is 0 Å². The molecule has 1 saturated heterocycles. The van der Waals surface area contributed by atoms with Crippen molar-refractivity contribution >= 4 is 17.3 Å². The largest absolute Gasteiger partial charge is 1.00 e. The van der Waals surface area contributed by atoms with Crippen molar-refractivity contribution in [3.05, 3.63) is 52.5 Å². The van der Waals surface area contributed by atoms with E-state index in [-0.39, 0.29) is 30.6 Å². The van der Waals surface area contributed by atoms with Crippen molar-refractivity contribution in [3.8, 4) is 34.5 Å². The van der Waals surface area contributed by atoms with Crippen LogP contribution in [0.5, 0.6) is 34.5 Å². The van der Waals surface area contributed by atoms with Gasteiger partial charge in [0.25, 0.3) is 0 Å². The summed E-state index contributed by atoms with van der Waals surface area (Å²) in [6.45, 7) is 3.68. The predicted molar refractivity (Wildman–Crippen MR) is 173 cm³/mol. The zero-order valence-corrected chi connectivity index (χ0v) is 29.3. The van der Waals surface area contributed by atoms with Crippen molar-refractivity contribution in [2.75, 3.05) is 35.0 Å². The lowest BCUT2D eigenvalue weighted by atomic mass is 10.0. The molecule has 1 aromatic heterocycles. The highest BCUT2D eigenvalue weighted by molar-refractivity contribution is 7.07. The standard InChI is InChI=1S/C35H48NO8S.ClH/c1-6-7-8-12-18-42-31-22-26(28-15-14-27(43-28)25-20-29(38-2)34(40-4)30(21-25)39-3)23-32(35(31)41-5)44-33(37)13-10-9-11-16-36-17-19-45-24-36;/h17,19-24,27-28H,6-16,18H2,1-5H3;1H/q+1;/p-1/t27-,28-;/m1./s1. The smallest absolute Gasteiger partial charge is 0.311 e. The predicted octanol–water partition coefficient (Wildman–Crippen LogP) is 4.79. The maximum Gasteiger partial charge on any atom is 0.311 e. The van der Waals surface area contributed by atoms with Crippen LogP contribution in [0.15, 0.2) is 41.4 Å². The molecule has 0 unspecified atom stereocenters. The van der Waals surface area contributed by atoms with E-state index in [0.29, 0.717) is 47.5 Å². The quantitative estimate of drug-likeness (QED) is 0.0775. The van der Waals surface area contributed by atoms with Gasteiger partial charge in [-0.2, -0.15) is 4.57 Å². The van der Waals surface area contributed by atoms with Gasteiger partial charge in [-0.1, -0.05) is 37.5 Å². The van der Waals surface area contributed by atoms with E-state index >= 15 is 0 Å². The number of hydrogen-bond acceptors (Lipinski definition) is 9. The summed E-state index contributed by atoms with van der Waals surface area (Å²) in [6, 6.07) is 7.68. The summed E-state index contributed by atoms with van der Waals surface area (Å²) in [5, 5.41) is 2.06. The van der Waals surface area contributed by atoms with Gasteiger partial charge < -0.3 is 45.6 Å². The van der Waals surface area contributed by atoms with Crippen molar-refractivity contribution < 1.29 is 54.9 Å². The maximum absolute atomic E-state index is 13.0. The fourth-order valence-electron chi connectivity index (χ4n) is 5.60. The Balaban J connectivity index is 0.00000576. The third-order valence-electron chi connectivity index (χ3n) is 8.00. The van der Waals surface area contributed by atoms with Crippen LogP contribution < -0.4 is 45.4 Å². The number of unbranched alkanes of at least 4 members (excludes halogenated alkanes) is 5. The summed E-state index contributed by atoms with van der Waals surface area (Å²) in [4.78, 5) is 13.0.